The van der Waals surface area contributed by atoms with Crippen LogP contribution in [0.5, 0.6) is 0 Å². The number of rotatable bonds is 2. The van der Waals surface area contributed by atoms with Crippen molar-refractivity contribution in [3.8, 4) is 0 Å². The molecule has 2 nitrogen and oxygen atoms in total. The predicted molar refractivity (Wildman–Crippen MR) is 89.4 cm³/mol. The Morgan fingerprint density at radius 2 is 1.86 bits per heavy atom. The minimum atomic E-state index is 0.509. The van der Waals surface area contributed by atoms with Crippen LogP contribution in [-0.2, 0) is 0 Å². The van der Waals surface area contributed by atoms with Gasteiger partial charge < -0.3 is 5.32 Å². The van der Waals surface area contributed by atoms with E-state index in [0.717, 1.165) is 18.5 Å². The number of benzene rings is 1. The van der Waals surface area contributed by atoms with Crippen molar-refractivity contribution in [2.24, 2.45) is 5.92 Å². The van der Waals surface area contributed by atoms with E-state index in [-0.39, 0.29) is 0 Å². The molecule has 116 valence electrons. The van der Waals surface area contributed by atoms with Crippen molar-refractivity contribution in [3.63, 3.8) is 0 Å². The zero-order valence-corrected chi connectivity index (χ0v) is 13.4. The highest BCUT2D eigenvalue weighted by Crippen LogP contribution is 2.28. The molecule has 0 spiro atoms. The van der Waals surface area contributed by atoms with Crippen LogP contribution in [0.25, 0.3) is 0 Å². The van der Waals surface area contributed by atoms with Gasteiger partial charge in [-0.15, -0.1) is 0 Å². The van der Waals surface area contributed by atoms with Crippen LogP contribution in [0.1, 0.15) is 57.1 Å². The van der Waals surface area contributed by atoms with Gasteiger partial charge in [-0.1, -0.05) is 50.1 Å². The summed E-state index contributed by atoms with van der Waals surface area (Å²) in [6.07, 6.45) is 8.38. The van der Waals surface area contributed by atoms with Crippen LogP contribution in [0.3, 0.4) is 0 Å². The van der Waals surface area contributed by atoms with Gasteiger partial charge in [0, 0.05) is 18.6 Å². The minimum Gasteiger partial charge on any atom is -0.309 e. The molecule has 3 unspecified atom stereocenters. The molecule has 1 heterocycles. The third-order valence-electron chi connectivity index (χ3n) is 5.38. The van der Waals surface area contributed by atoms with Gasteiger partial charge in [0.25, 0.3) is 0 Å². The number of hydrogen-bond acceptors (Lipinski definition) is 2. The summed E-state index contributed by atoms with van der Waals surface area (Å²) >= 11 is 0. The molecule has 1 aliphatic carbocycles. The lowest BCUT2D eigenvalue weighted by Crippen LogP contribution is -2.39. The average molecular weight is 286 g/mol. The molecule has 21 heavy (non-hydrogen) atoms. The quantitative estimate of drug-likeness (QED) is 0.827. The van der Waals surface area contributed by atoms with Gasteiger partial charge in [0.05, 0.1) is 0 Å². The normalized spacial score (nSPS) is 32.3. The summed E-state index contributed by atoms with van der Waals surface area (Å²) in [5.74, 6) is 0.935. The van der Waals surface area contributed by atoms with E-state index in [1.54, 1.807) is 0 Å². The Bertz CT molecular complexity index is 417. The third kappa shape index (κ3) is 4.08. The molecule has 1 aliphatic heterocycles. The summed E-state index contributed by atoms with van der Waals surface area (Å²) in [7, 11) is 0. The Hall–Kier alpha value is -0.860. The maximum absolute atomic E-state index is 3.75. The van der Waals surface area contributed by atoms with Crippen molar-refractivity contribution in [2.75, 3.05) is 19.6 Å². The highest BCUT2D eigenvalue weighted by Gasteiger charge is 2.26. The largest absolute Gasteiger partial charge is 0.309 e. The van der Waals surface area contributed by atoms with Gasteiger partial charge in [-0.25, -0.2) is 0 Å². The zero-order chi connectivity index (χ0) is 14.5. The molecule has 0 aromatic heterocycles. The van der Waals surface area contributed by atoms with Gasteiger partial charge in [0.1, 0.15) is 0 Å². The first kappa shape index (κ1) is 15.1. The molecule has 2 fully saturated rings. The van der Waals surface area contributed by atoms with Gasteiger partial charge in [0.15, 0.2) is 0 Å². The predicted octanol–water partition coefficient (Wildman–Crippen LogP) is 3.99. The van der Waals surface area contributed by atoms with E-state index in [1.807, 2.05) is 0 Å². The van der Waals surface area contributed by atoms with Gasteiger partial charge in [0.2, 0.25) is 0 Å². The standard InChI is InChI=1S/C19H30N2/c1-16-7-5-10-18(12-11-16)21-14-6-13-20-19(15-21)17-8-3-2-4-9-17/h2-4,8-9,16,18-20H,5-7,10-15H2,1H3. The molecule has 1 saturated carbocycles. The first-order chi connectivity index (χ1) is 10.3. The van der Waals surface area contributed by atoms with E-state index < -0.39 is 0 Å². The lowest BCUT2D eigenvalue weighted by Gasteiger charge is -2.32. The second-order valence-electron chi connectivity index (χ2n) is 7.03. The summed E-state index contributed by atoms with van der Waals surface area (Å²) in [6.45, 7) is 6.04. The molecular formula is C19H30N2. The van der Waals surface area contributed by atoms with E-state index in [1.165, 1.54) is 57.2 Å². The Morgan fingerprint density at radius 1 is 1.00 bits per heavy atom. The zero-order valence-electron chi connectivity index (χ0n) is 13.4. The summed E-state index contributed by atoms with van der Waals surface area (Å²) in [6, 6.07) is 12.3. The van der Waals surface area contributed by atoms with Crippen LogP contribution in [0.2, 0.25) is 0 Å². The van der Waals surface area contributed by atoms with Crippen LogP contribution >= 0.6 is 0 Å². The highest BCUT2D eigenvalue weighted by atomic mass is 15.2. The smallest absolute Gasteiger partial charge is 0.0449 e. The monoisotopic (exact) mass is 286 g/mol. The van der Waals surface area contributed by atoms with Gasteiger partial charge in [-0.2, -0.15) is 0 Å². The molecule has 2 aliphatic rings. The highest BCUT2D eigenvalue weighted by molar-refractivity contribution is 5.19. The van der Waals surface area contributed by atoms with Crippen molar-refractivity contribution in [1.82, 2.24) is 10.2 Å². The fourth-order valence-corrected chi connectivity index (χ4v) is 4.02. The fraction of sp³-hybridized carbons (Fsp3) is 0.684. The van der Waals surface area contributed by atoms with Crippen molar-refractivity contribution in [1.29, 1.82) is 0 Å². The van der Waals surface area contributed by atoms with Crippen LogP contribution in [0.4, 0.5) is 0 Å². The average Bonchev–Trinajstić information content (AvgIpc) is 2.88. The second-order valence-corrected chi connectivity index (χ2v) is 7.03. The lowest BCUT2D eigenvalue weighted by molar-refractivity contribution is 0.175. The van der Waals surface area contributed by atoms with Crippen molar-refractivity contribution in [3.05, 3.63) is 35.9 Å². The SMILES string of the molecule is CC1CCCC(N2CCCNC(c3ccccc3)C2)CC1. The Balaban J connectivity index is 1.67. The molecule has 1 aromatic rings. The summed E-state index contributed by atoms with van der Waals surface area (Å²) in [5.41, 5.74) is 1.45. The molecule has 0 radical (unpaired) electrons. The van der Waals surface area contributed by atoms with Crippen LogP contribution in [0, 0.1) is 5.92 Å². The van der Waals surface area contributed by atoms with Crippen molar-refractivity contribution in [2.45, 2.75) is 57.5 Å². The summed E-state index contributed by atoms with van der Waals surface area (Å²) < 4.78 is 0. The molecule has 2 heteroatoms. The molecule has 1 N–H and O–H groups in total. The van der Waals surface area contributed by atoms with Gasteiger partial charge in [-0.3, -0.25) is 4.90 Å². The Morgan fingerprint density at radius 3 is 2.71 bits per heavy atom. The molecule has 1 saturated heterocycles. The summed E-state index contributed by atoms with van der Waals surface area (Å²) in [5, 5.41) is 3.75. The fourth-order valence-electron chi connectivity index (χ4n) is 4.02. The summed E-state index contributed by atoms with van der Waals surface area (Å²) in [4.78, 5) is 2.79. The second kappa shape index (κ2) is 7.42. The lowest BCUT2D eigenvalue weighted by atomic mass is 10.0. The topological polar surface area (TPSA) is 15.3 Å². The maximum atomic E-state index is 3.75. The molecule has 3 rings (SSSR count). The van der Waals surface area contributed by atoms with E-state index in [2.05, 4.69) is 47.5 Å². The first-order valence-corrected chi connectivity index (χ1v) is 8.85. The number of nitrogens with zero attached hydrogens (tertiary/aromatic N) is 1. The molecular weight excluding hydrogens is 256 g/mol. The number of hydrogen-bond donors (Lipinski definition) is 1. The molecule has 0 bridgehead atoms. The van der Waals surface area contributed by atoms with Crippen LogP contribution in [0.15, 0.2) is 30.3 Å². The molecule has 3 atom stereocenters. The van der Waals surface area contributed by atoms with E-state index in [9.17, 15) is 0 Å². The number of nitrogens with one attached hydrogen (secondary N) is 1. The van der Waals surface area contributed by atoms with Crippen LogP contribution < -0.4 is 5.32 Å². The van der Waals surface area contributed by atoms with Gasteiger partial charge >= 0.3 is 0 Å². The first-order valence-electron chi connectivity index (χ1n) is 8.85. The van der Waals surface area contributed by atoms with Crippen molar-refractivity contribution >= 4 is 0 Å². The maximum Gasteiger partial charge on any atom is 0.0449 e. The van der Waals surface area contributed by atoms with E-state index >= 15 is 0 Å². The van der Waals surface area contributed by atoms with Crippen LogP contribution in [-0.4, -0.2) is 30.6 Å². The molecule has 0 amide bonds. The Kier molecular flexibility index (Phi) is 5.32. The third-order valence-corrected chi connectivity index (χ3v) is 5.38. The van der Waals surface area contributed by atoms with E-state index in [4.69, 9.17) is 0 Å². The van der Waals surface area contributed by atoms with Crippen molar-refractivity contribution < 1.29 is 0 Å². The molecule has 1 aromatic carbocycles. The van der Waals surface area contributed by atoms with E-state index in [0.29, 0.717) is 6.04 Å². The van der Waals surface area contributed by atoms with Gasteiger partial charge in [-0.05, 0) is 50.3 Å². The minimum absolute atomic E-state index is 0.509. The Labute approximate surface area is 129 Å².